The number of hydrogen-bond donors (Lipinski definition) is 1. The van der Waals surface area contributed by atoms with Gasteiger partial charge in [-0.05, 0) is 30.3 Å². The number of halogens is 1. The molecular formula is C16H14ClN3S. The van der Waals surface area contributed by atoms with Crippen molar-refractivity contribution in [2.24, 2.45) is 0 Å². The third-order valence-electron chi connectivity index (χ3n) is 3.03. The third-order valence-corrected chi connectivity index (χ3v) is 4.43. The Morgan fingerprint density at radius 1 is 1.14 bits per heavy atom. The normalized spacial score (nSPS) is 10.7. The van der Waals surface area contributed by atoms with Crippen molar-refractivity contribution in [3.05, 3.63) is 71.5 Å². The summed E-state index contributed by atoms with van der Waals surface area (Å²) in [7, 11) is 0. The molecule has 0 bridgehead atoms. The highest BCUT2D eigenvalue weighted by molar-refractivity contribution is 7.98. The summed E-state index contributed by atoms with van der Waals surface area (Å²) in [6.45, 7) is 0. The highest BCUT2D eigenvalue weighted by Crippen LogP contribution is 2.28. The molecule has 0 unspecified atom stereocenters. The fraction of sp³-hybridized carbons (Fsp3) is 0.0625. The van der Waals surface area contributed by atoms with Crippen LogP contribution in [0.15, 0.2) is 65.8 Å². The van der Waals surface area contributed by atoms with Gasteiger partial charge in [0.2, 0.25) is 0 Å². The van der Waals surface area contributed by atoms with E-state index in [1.165, 1.54) is 0 Å². The Labute approximate surface area is 132 Å². The molecule has 2 N–H and O–H groups in total. The first-order chi connectivity index (χ1) is 10.2. The number of para-hydroxylation sites is 1. The van der Waals surface area contributed by atoms with Crippen molar-refractivity contribution < 1.29 is 0 Å². The molecule has 21 heavy (non-hydrogen) atoms. The molecule has 1 aromatic heterocycles. The second-order valence-electron chi connectivity index (χ2n) is 4.60. The third kappa shape index (κ3) is 3.40. The van der Waals surface area contributed by atoms with E-state index in [2.05, 4.69) is 5.10 Å². The summed E-state index contributed by atoms with van der Waals surface area (Å²) in [4.78, 5) is 1.10. The molecule has 1 heterocycles. The predicted octanol–water partition coefficient (Wildman–Crippen LogP) is 4.40. The molecule has 0 aliphatic carbocycles. The monoisotopic (exact) mass is 315 g/mol. The van der Waals surface area contributed by atoms with Crippen LogP contribution in [0.1, 0.15) is 5.56 Å². The average Bonchev–Trinajstić information content (AvgIpc) is 2.98. The number of aromatic nitrogens is 2. The average molecular weight is 316 g/mol. The van der Waals surface area contributed by atoms with E-state index >= 15 is 0 Å². The fourth-order valence-corrected chi connectivity index (χ4v) is 3.01. The van der Waals surface area contributed by atoms with Gasteiger partial charge >= 0.3 is 0 Å². The summed E-state index contributed by atoms with van der Waals surface area (Å²) >= 11 is 7.74. The zero-order chi connectivity index (χ0) is 14.7. The van der Waals surface area contributed by atoms with E-state index in [9.17, 15) is 0 Å². The van der Waals surface area contributed by atoms with Crippen LogP contribution in [0.2, 0.25) is 5.02 Å². The van der Waals surface area contributed by atoms with Crippen molar-refractivity contribution >= 4 is 29.1 Å². The molecule has 2 aromatic carbocycles. The molecule has 0 aliphatic heterocycles. The maximum Gasteiger partial charge on any atom is 0.0646 e. The van der Waals surface area contributed by atoms with Gasteiger partial charge in [-0.1, -0.05) is 29.8 Å². The Morgan fingerprint density at radius 2 is 1.95 bits per heavy atom. The number of nitrogen functional groups attached to an aromatic ring is 1. The zero-order valence-corrected chi connectivity index (χ0v) is 12.8. The molecule has 0 saturated carbocycles. The van der Waals surface area contributed by atoms with E-state index in [-0.39, 0.29) is 0 Å². The van der Waals surface area contributed by atoms with Crippen molar-refractivity contribution in [1.82, 2.24) is 9.78 Å². The molecule has 106 valence electrons. The van der Waals surface area contributed by atoms with Crippen LogP contribution in [-0.2, 0) is 5.75 Å². The molecule has 0 radical (unpaired) electrons. The Hall–Kier alpha value is -1.91. The Balaban J connectivity index is 1.69. The van der Waals surface area contributed by atoms with Crippen LogP contribution in [0.5, 0.6) is 0 Å². The quantitative estimate of drug-likeness (QED) is 0.573. The summed E-state index contributed by atoms with van der Waals surface area (Å²) in [6.07, 6.45) is 3.93. The minimum absolute atomic E-state index is 0.597. The Kier molecular flexibility index (Phi) is 4.18. The van der Waals surface area contributed by atoms with Gasteiger partial charge in [0.25, 0.3) is 0 Å². The van der Waals surface area contributed by atoms with Crippen LogP contribution in [0.4, 0.5) is 5.69 Å². The second-order valence-corrected chi connectivity index (χ2v) is 6.06. The van der Waals surface area contributed by atoms with Gasteiger partial charge in [0.15, 0.2) is 0 Å². The van der Waals surface area contributed by atoms with Gasteiger partial charge in [0, 0.05) is 22.4 Å². The van der Waals surface area contributed by atoms with Gasteiger partial charge in [-0.15, -0.1) is 11.8 Å². The molecule has 0 saturated heterocycles. The van der Waals surface area contributed by atoms with E-state index in [0.717, 1.165) is 21.9 Å². The molecule has 0 spiro atoms. The van der Waals surface area contributed by atoms with Crippen molar-refractivity contribution in [2.45, 2.75) is 10.6 Å². The molecule has 0 fully saturated rings. The van der Waals surface area contributed by atoms with Crippen molar-refractivity contribution in [1.29, 1.82) is 0 Å². The van der Waals surface area contributed by atoms with Crippen LogP contribution < -0.4 is 5.73 Å². The highest BCUT2D eigenvalue weighted by Gasteiger charge is 2.03. The Morgan fingerprint density at radius 3 is 2.71 bits per heavy atom. The highest BCUT2D eigenvalue weighted by atomic mass is 35.5. The van der Waals surface area contributed by atoms with Crippen molar-refractivity contribution in [2.75, 3.05) is 5.73 Å². The van der Waals surface area contributed by atoms with Gasteiger partial charge in [-0.2, -0.15) is 5.10 Å². The Bertz CT molecular complexity index is 740. The van der Waals surface area contributed by atoms with Gasteiger partial charge in [0.05, 0.1) is 22.6 Å². The summed E-state index contributed by atoms with van der Waals surface area (Å²) in [5.41, 5.74) is 8.54. The first kappa shape index (κ1) is 14.0. The molecule has 3 nitrogen and oxygen atoms in total. The van der Waals surface area contributed by atoms with Gasteiger partial charge in [-0.25, -0.2) is 4.68 Å². The van der Waals surface area contributed by atoms with Crippen LogP contribution in [0.25, 0.3) is 5.69 Å². The summed E-state index contributed by atoms with van der Waals surface area (Å²) in [5.74, 6) is 0.840. The summed E-state index contributed by atoms with van der Waals surface area (Å²) in [5, 5.41) is 4.98. The molecule has 3 rings (SSSR count). The summed E-state index contributed by atoms with van der Waals surface area (Å²) < 4.78 is 1.88. The topological polar surface area (TPSA) is 43.8 Å². The SMILES string of the molecule is Nc1ccc(SCc2cnn(-c3ccccc3)c2)cc1Cl. The number of nitrogens with zero attached hydrogens (tertiary/aromatic N) is 2. The van der Waals surface area contributed by atoms with E-state index in [0.29, 0.717) is 10.7 Å². The van der Waals surface area contributed by atoms with Gasteiger partial charge in [0.1, 0.15) is 0 Å². The van der Waals surface area contributed by atoms with Crippen LogP contribution >= 0.6 is 23.4 Å². The number of rotatable bonds is 4. The van der Waals surface area contributed by atoms with Gasteiger partial charge in [-0.3, -0.25) is 0 Å². The lowest BCUT2D eigenvalue weighted by atomic mass is 10.3. The minimum Gasteiger partial charge on any atom is -0.398 e. The molecule has 0 amide bonds. The second kappa shape index (κ2) is 6.24. The van der Waals surface area contributed by atoms with Crippen molar-refractivity contribution in [3.8, 4) is 5.69 Å². The molecule has 5 heteroatoms. The smallest absolute Gasteiger partial charge is 0.0646 e. The lowest BCUT2D eigenvalue weighted by Gasteiger charge is -2.03. The first-order valence-corrected chi connectivity index (χ1v) is 7.85. The van der Waals surface area contributed by atoms with Gasteiger partial charge < -0.3 is 5.73 Å². The van der Waals surface area contributed by atoms with Crippen molar-refractivity contribution in [3.63, 3.8) is 0 Å². The fourth-order valence-electron chi connectivity index (χ4n) is 1.92. The predicted molar refractivity (Wildman–Crippen MR) is 89.0 cm³/mol. The van der Waals surface area contributed by atoms with Crippen LogP contribution in [0.3, 0.4) is 0 Å². The van der Waals surface area contributed by atoms with Crippen LogP contribution in [0, 0.1) is 0 Å². The lowest BCUT2D eigenvalue weighted by molar-refractivity contribution is 0.880. The van der Waals surface area contributed by atoms with E-state index in [4.69, 9.17) is 17.3 Å². The number of benzene rings is 2. The number of hydrogen-bond acceptors (Lipinski definition) is 3. The molecule has 3 aromatic rings. The van der Waals surface area contributed by atoms with E-state index < -0.39 is 0 Å². The zero-order valence-electron chi connectivity index (χ0n) is 11.2. The largest absolute Gasteiger partial charge is 0.398 e. The first-order valence-electron chi connectivity index (χ1n) is 6.49. The molecular weight excluding hydrogens is 302 g/mol. The molecule has 0 atom stereocenters. The maximum atomic E-state index is 6.02. The number of nitrogens with two attached hydrogens (primary N) is 1. The summed E-state index contributed by atoms with van der Waals surface area (Å²) in [6, 6.07) is 15.8. The standard InChI is InChI=1S/C16H14ClN3S/c17-15-8-14(6-7-16(15)18)21-11-12-9-19-20(10-12)13-4-2-1-3-5-13/h1-10H,11,18H2. The molecule has 0 aliphatic rings. The van der Waals surface area contributed by atoms with E-state index in [1.54, 1.807) is 11.8 Å². The number of thioether (sulfide) groups is 1. The van der Waals surface area contributed by atoms with E-state index in [1.807, 2.05) is 65.6 Å². The van der Waals surface area contributed by atoms with Crippen LogP contribution in [-0.4, -0.2) is 9.78 Å². The lowest BCUT2D eigenvalue weighted by Crippen LogP contribution is -1.92. The number of anilines is 1. The minimum atomic E-state index is 0.597. The maximum absolute atomic E-state index is 6.02.